The predicted molar refractivity (Wildman–Crippen MR) is 68.0 cm³/mol. The minimum absolute atomic E-state index is 0.0102. The average Bonchev–Trinajstić information content (AvgIpc) is 2.25. The lowest BCUT2D eigenvalue weighted by Gasteiger charge is -2.30. The number of nitrogens with zero attached hydrogens (tertiary/aromatic N) is 1. The molecule has 2 N–H and O–H groups in total. The molecule has 0 radical (unpaired) electrons. The number of amides is 1. The van der Waals surface area contributed by atoms with Gasteiger partial charge in [0.05, 0.1) is 6.61 Å². The van der Waals surface area contributed by atoms with Crippen molar-refractivity contribution < 1.29 is 9.53 Å². The molecule has 1 atom stereocenters. The highest BCUT2D eigenvalue weighted by molar-refractivity contribution is 5.81. The number of morpholine rings is 1. The molecule has 0 bridgehead atoms. The monoisotopic (exact) mass is 243 g/mol. The van der Waals surface area contributed by atoms with Crippen LogP contribution in [0.3, 0.4) is 0 Å². The summed E-state index contributed by atoms with van der Waals surface area (Å²) in [4.78, 5) is 14.0. The third-order valence-electron chi connectivity index (χ3n) is 2.71. The SMILES string of the molecule is CN(C)CC(C)(C)CNC(=O)C1CNCCO1. The van der Waals surface area contributed by atoms with Crippen LogP contribution in [-0.4, -0.2) is 63.8 Å². The van der Waals surface area contributed by atoms with Crippen LogP contribution in [0.4, 0.5) is 0 Å². The molecular weight excluding hydrogens is 218 g/mol. The first kappa shape index (κ1) is 14.4. The zero-order valence-corrected chi connectivity index (χ0v) is 11.4. The van der Waals surface area contributed by atoms with Crippen molar-refractivity contribution >= 4 is 5.91 Å². The number of hydrogen-bond donors (Lipinski definition) is 2. The fraction of sp³-hybridized carbons (Fsp3) is 0.917. The van der Waals surface area contributed by atoms with Crippen LogP contribution in [0.1, 0.15) is 13.8 Å². The number of carbonyl (C=O) groups is 1. The molecule has 1 rings (SSSR count). The summed E-state index contributed by atoms with van der Waals surface area (Å²) in [6.45, 7) is 7.95. The molecule has 1 aliphatic heterocycles. The van der Waals surface area contributed by atoms with Gasteiger partial charge in [-0.1, -0.05) is 13.8 Å². The largest absolute Gasteiger partial charge is 0.366 e. The summed E-state index contributed by atoms with van der Waals surface area (Å²) in [6.07, 6.45) is -0.334. The van der Waals surface area contributed by atoms with Gasteiger partial charge >= 0.3 is 0 Å². The molecule has 5 nitrogen and oxygen atoms in total. The van der Waals surface area contributed by atoms with Gasteiger partial charge in [0.1, 0.15) is 6.10 Å². The normalized spacial score (nSPS) is 21.6. The van der Waals surface area contributed by atoms with E-state index in [4.69, 9.17) is 4.74 Å². The van der Waals surface area contributed by atoms with E-state index in [1.807, 2.05) is 14.1 Å². The maximum Gasteiger partial charge on any atom is 0.250 e. The first-order valence-electron chi connectivity index (χ1n) is 6.15. The molecule has 0 aliphatic carbocycles. The van der Waals surface area contributed by atoms with E-state index in [0.717, 1.165) is 13.1 Å². The highest BCUT2D eigenvalue weighted by atomic mass is 16.5. The Bertz CT molecular complexity index is 248. The summed E-state index contributed by atoms with van der Waals surface area (Å²) < 4.78 is 5.40. The molecule has 0 aromatic carbocycles. The van der Waals surface area contributed by atoms with Gasteiger partial charge < -0.3 is 20.3 Å². The summed E-state index contributed by atoms with van der Waals surface area (Å²) in [5, 5.41) is 6.12. The number of hydrogen-bond acceptors (Lipinski definition) is 4. The zero-order valence-electron chi connectivity index (χ0n) is 11.4. The van der Waals surface area contributed by atoms with Gasteiger partial charge in [0, 0.05) is 26.2 Å². The third kappa shape index (κ3) is 5.48. The van der Waals surface area contributed by atoms with E-state index in [1.165, 1.54) is 0 Å². The molecule has 1 heterocycles. The van der Waals surface area contributed by atoms with Crippen molar-refractivity contribution in [2.75, 3.05) is 46.9 Å². The van der Waals surface area contributed by atoms with E-state index in [9.17, 15) is 4.79 Å². The van der Waals surface area contributed by atoms with Crippen LogP contribution in [0, 0.1) is 5.41 Å². The lowest BCUT2D eigenvalue weighted by Crippen LogP contribution is -2.50. The van der Waals surface area contributed by atoms with Crippen molar-refractivity contribution in [3.63, 3.8) is 0 Å². The molecule has 0 aromatic heterocycles. The topological polar surface area (TPSA) is 53.6 Å². The second-order valence-corrected chi connectivity index (χ2v) is 5.68. The van der Waals surface area contributed by atoms with Crippen molar-refractivity contribution in [3.8, 4) is 0 Å². The second kappa shape index (κ2) is 6.33. The molecular formula is C12H25N3O2. The van der Waals surface area contributed by atoms with E-state index < -0.39 is 0 Å². The summed E-state index contributed by atoms with van der Waals surface area (Å²) in [5.74, 6) is -0.0102. The van der Waals surface area contributed by atoms with Crippen LogP contribution in [0.2, 0.25) is 0 Å². The molecule has 1 amide bonds. The van der Waals surface area contributed by atoms with Crippen LogP contribution in [-0.2, 0) is 9.53 Å². The van der Waals surface area contributed by atoms with Crippen molar-refractivity contribution in [2.45, 2.75) is 20.0 Å². The highest BCUT2D eigenvalue weighted by Crippen LogP contribution is 2.14. The summed E-state index contributed by atoms with van der Waals surface area (Å²) in [7, 11) is 4.08. The minimum Gasteiger partial charge on any atom is -0.366 e. The van der Waals surface area contributed by atoms with E-state index in [2.05, 4.69) is 29.4 Å². The lowest BCUT2D eigenvalue weighted by molar-refractivity contribution is -0.134. The molecule has 1 aliphatic rings. The summed E-state index contributed by atoms with van der Waals surface area (Å²) in [5.41, 5.74) is 0.0707. The molecule has 5 heteroatoms. The van der Waals surface area contributed by atoms with E-state index in [-0.39, 0.29) is 17.4 Å². The molecule has 100 valence electrons. The summed E-state index contributed by atoms with van der Waals surface area (Å²) >= 11 is 0. The Hall–Kier alpha value is -0.650. The minimum atomic E-state index is -0.334. The van der Waals surface area contributed by atoms with E-state index >= 15 is 0 Å². The van der Waals surface area contributed by atoms with Gasteiger partial charge in [0.25, 0.3) is 0 Å². The number of nitrogens with one attached hydrogen (secondary N) is 2. The first-order chi connectivity index (χ1) is 7.91. The average molecular weight is 243 g/mol. The Morgan fingerprint density at radius 1 is 1.53 bits per heavy atom. The van der Waals surface area contributed by atoms with Gasteiger partial charge in [-0.05, 0) is 19.5 Å². The molecule has 17 heavy (non-hydrogen) atoms. The van der Waals surface area contributed by atoms with Crippen LogP contribution in [0.15, 0.2) is 0 Å². The van der Waals surface area contributed by atoms with Crippen molar-refractivity contribution in [3.05, 3.63) is 0 Å². The Labute approximate surface area is 104 Å². The van der Waals surface area contributed by atoms with E-state index in [0.29, 0.717) is 19.7 Å². The number of rotatable bonds is 5. The third-order valence-corrected chi connectivity index (χ3v) is 2.71. The maximum atomic E-state index is 11.8. The smallest absolute Gasteiger partial charge is 0.250 e. The molecule has 1 fully saturated rings. The molecule has 1 unspecified atom stereocenters. The molecule has 0 spiro atoms. The van der Waals surface area contributed by atoms with Gasteiger partial charge in [0.2, 0.25) is 5.91 Å². The Kier molecular flexibility index (Phi) is 5.36. The van der Waals surface area contributed by atoms with Gasteiger partial charge in [-0.3, -0.25) is 4.79 Å². The highest BCUT2D eigenvalue weighted by Gasteiger charge is 2.25. The lowest BCUT2D eigenvalue weighted by atomic mass is 9.93. The van der Waals surface area contributed by atoms with Crippen LogP contribution < -0.4 is 10.6 Å². The number of ether oxygens (including phenoxy) is 1. The van der Waals surface area contributed by atoms with Gasteiger partial charge in [-0.15, -0.1) is 0 Å². The fourth-order valence-electron chi connectivity index (χ4n) is 2.09. The molecule has 0 saturated carbocycles. The quantitative estimate of drug-likeness (QED) is 0.695. The van der Waals surface area contributed by atoms with Gasteiger partial charge in [-0.25, -0.2) is 0 Å². The molecule has 0 aromatic rings. The number of carbonyl (C=O) groups excluding carboxylic acids is 1. The van der Waals surface area contributed by atoms with Crippen molar-refractivity contribution in [1.29, 1.82) is 0 Å². The van der Waals surface area contributed by atoms with Crippen LogP contribution in [0.5, 0.6) is 0 Å². The van der Waals surface area contributed by atoms with E-state index in [1.54, 1.807) is 0 Å². The second-order valence-electron chi connectivity index (χ2n) is 5.68. The Morgan fingerprint density at radius 2 is 2.24 bits per heavy atom. The fourth-order valence-corrected chi connectivity index (χ4v) is 2.09. The van der Waals surface area contributed by atoms with Crippen molar-refractivity contribution in [1.82, 2.24) is 15.5 Å². The Morgan fingerprint density at radius 3 is 2.76 bits per heavy atom. The van der Waals surface area contributed by atoms with Crippen LogP contribution >= 0.6 is 0 Å². The zero-order chi connectivity index (χ0) is 12.9. The Balaban J connectivity index is 2.31. The van der Waals surface area contributed by atoms with Crippen LogP contribution in [0.25, 0.3) is 0 Å². The first-order valence-corrected chi connectivity index (χ1v) is 6.15. The standard InChI is InChI=1S/C12H25N3O2/c1-12(2,9-15(3)4)8-14-11(16)10-7-13-5-6-17-10/h10,13H,5-9H2,1-4H3,(H,14,16). The van der Waals surface area contributed by atoms with Crippen molar-refractivity contribution in [2.24, 2.45) is 5.41 Å². The van der Waals surface area contributed by atoms with Gasteiger partial charge in [0.15, 0.2) is 0 Å². The summed E-state index contributed by atoms with van der Waals surface area (Å²) in [6, 6.07) is 0. The maximum absolute atomic E-state index is 11.8. The van der Waals surface area contributed by atoms with Gasteiger partial charge in [-0.2, -0.15) is 0 Å². The molecule has 1 saturated heterocycles. The predicted octanol–water partition coefficient (Wildman–Crippen LogP) is -0.321.